The summed E-state index contributed by atoms with van der Waals surface area (Å²) in [6.45, 7) is 0. The van der Waals surface area contributed by atoms with E-state index in [1.54, 1.807) is 0 Å². The van der Waals surface area contributed by atoms with Crippen molar-refractivity contribution in [2.45, 2.75) is 0 Å². The summed E-state index contributed by atoms with van der Waals surface area (Å²) in [6.07, 6.45) is 0. The highest BCUT2D eigenvalue weighted by Gasteiger charge is 2.18. The Hall–Kier alpha value is -2.76. The predicted octanol–water partition coefficient (Wildman–Crippen LogP) is 3.39. The van der Waals surface area contributed by atoms with Crippen molar-refractivity contribution >= 4 is 0 Å². The number of rotatable bonds is 2. The van der Waals surface area contributed by atoms with Gasteiger partial charge in [0.15, 0.2) is 0 Å². The average molecular weight is 274 g/mol. The Bertz CT molecular complexity index is 734. The van der Waals surface area contributed by atoms with Crippen LogP contribution in [0, 0.1) is 11.6 Å². The summed E-state index contributed by atoms with van der Waals surface area (Å²) in [7, 11) is 0. The molecule has 3 aromatic rings. The zero-order valence-electron chi connectivity index (χ0n) is 10.0. The van der Waals surface area contributed by atoms with Gasteiger partial charge in [0.1, 0.15) is 22.9 Å². The van der Waals surface area contributed by atoms with Gasteiger partial charge in [-0.2, -0.15) is 4.98 Å². The molecule has 0 aliphatic rings. The van der Waals surface area contributed by atoms with Gasteiger partial charge < -0.3 is 9.63 Å². The van der Waals surface area contributed by atoms with Crippen molar-refractivity contribution in [2.75, 3.05) is 0 Å². The maximum atomic E-state index is 13.7. The lowest BCUT2D eigenvalue weighted by molar-refractivity contribution is 0.421. The highest BCUT2D eigenvalue weighted by Crippen LogP contribution is 2.31. The lowest BCUT2D eigenvalue weighted by Crippen LogP contribution is -1.86. The van der Waals surface area contributed by atoms with Gasteiger partial charge >= 0.3 is 0 Å². The number of halogens is 2. The fourth-order valence-electron chi connectivity index (χ4n) is 1.77. The van der Waals surface area contributed by atoms with Crippen LogP contribution in [0.1, 0.15) is 0 Å². The van der Waals surface area contributed by atoms with Gasteiger partial charge in [0.05, 0.1) is 0 Å². The van der Waals surface area contributed by atoms with Gasteiger partial charge in [-0.3, -0.25) is 0 Å². The van der Waals surface area contributed by atoms with E-state index in [0.717, 1.165) is 0 Å². The van der Waals surface area contributed by atoms with Crippen LogP contribution in [0.25, 0.3) is 22.8 Å². The molecule has 0 fully saturated rings. The van der Waals surface area contributed by atoms with Gasteiger partial charge in [0, 0.05) is 5.56 Å². The van der Waals surface area contributed by atoms with Crippen LogP contribution in [-0.4, -0.2) is 15.2 Å². The molecule has 0 radical (unpaired) electrons. The van der Waals surface area contributed by atoms with Crippen molar-refractivity contribution < 1.29 is 18.4 Å². The summed E-state index contributed by atoms with van der Waals surface area (Å²) in [4.78, 5) is 4.00. The first-order valence-corrected chi connectivity index (χ1v) is 5.72. The van der Waals surface area contributed by atoms with Crippen LogP contribution in [0.5, 0.6) is 5.75 Å². The van der Waals surface area contributed by atoms with E-state index in [4.69, 9.17) is 4.52 Å². The Morgan fingerprint density at radius 2 is 1.75 bits per heavy atom. The maximum absolute atomic E-state index is 13.7. The number of benzene rings is 2. The Morgan fingerprint density at radius 1 is 1.00 bits per heavy atom. The predicted molar refractivity (Wildman–Crippen MR) is 66.8 cm³/mol. The van der Waals surface area contributed by atoms with Crippen molar-refractivity contribution in [3.05, 3.63) is 54.1 Å². The first kappa shape index (κ1) is 12.3. The zero-order valence-corrected chi connectivity index (χ0v) is 10.0. The number of aromatic nitrogens is 2. The maximum Gasteiger partial charge on any atom is 0.265 e. The zero-order chi connectivity index (χ0) is 14.1. The molecule has 1 N–H and O–H groups in total. The van der Waals surface area contributed by atoms with Crippen molar-refractivity contribution in [1.82, 2.24) is 10.1 Å². The van der Waals surface area contributed by atoms with Crippen LogP contribution in [0.2, 0.25) is 0 Å². The molecule has 4 nitrogen and oxygen atoms in total. The van der Waals surface area contributed by atoms with Gasteiger partial charge in [0.2, 0.25) is 5.82 Å². The van der Waals surface area contributed by atoms with Gasteiger partial charge in [0.25, 0.3) is 5.89 Å². The molecule has 0 saturated heterocycles. The smallest absolute Gasteiger partial charge is 0.265 e. The Labute approximate surface area is 112 Å². The molecular weight excluding hydrogens is 266 g/mol. The fraction of sp³-hybridized carbons (Fsp3) is 0. The van der Waals surface area contributed by atoms with Crippen LogP contribution >= 0.6 is 0 Å². The van der Waals surface area contributed by atoms with Crippen LogP contribution < -0.4 is 0 Å². The Kier molecular flexibility index (Phi) is 2.90. The van der Waals surface area contributed by atoms with E-state index in [2.05, 4.69) is 10.1 Å². The molecule has 0 amide bonds. The lowest BCUT2D eigenvalue weighted by atomic mass is 10.2. The number of aromatic hydroxyl groups is 1. The van der Waals surface area contributed by atoms with Crippen LogP contribution in [0.3, 0.4) is 0 Å². The first-order chi connectivity index (χ1) is 9.65. The molecule has 20 heavy (non-hydrogen) atoms. The molecule has 0 spiro atoms. The molecule has 0 aliphatic heterocycles. The van der Waals surface area contributed by atoms with E-state index in [-0.39, 0.29) is 28.8 Å². The number of phenols is 1. The van der Waals surface area contributed by atoms with Crippen LogP contribution in [0.4, 0.5) is 8.78 Å². The van der Waals surface area contributed by atoms with Gasteiger partial charge in [-0.1, -0.05) is 11.2 Å². The summed E-state index contributed by atoms with van der Waals surface area (Å²) in [5.41, 5.74) is 0.366. The number of hydrogen-bond acceptors (Lipinski definition) is 4. The van der Waals surface area contributed by atoms with E-state index in [0.29, 0.717) is 5.56 Å². The van der Waals surface area contributed by atoms with Gasteiger partial charge in [-0.25, -0.2) is 8.78 Å². The molecule has 100 valence electrons. The average Bonchev–Trinajstić information content (AvgIpc) is 2.89. The third-order valence-corrected chi connectivity index (χ3v) is 2.73. The van der Waals surface area contributed by atoms with Crippen LogP contribution in [0.15, 0.2) is 47.0 Å². The molecule has 1 aromatic heterocycles. The number of nitrogens with zero attached hydrogens (tertiary/aromatic N) is 2. The standard InChI is InChI=1S/C14H8F2N2O2/c15-9-6-4-8(5-7-9)13-17-14(20-18-13)12-10(16)2-1-3-11(12)19/h1-7,19H. The van der Waals surface area contributed by atoms with Crippen molar-refractivity contribution in [3.63, 3.8) is 0 Å². The normalized spacial score (nSPS) is 10.7. The van der Waals surface area contributed by atoms with E-state index < -0.39 is 5.82 Å². The molecule has 3 rings (SSSR count). The van der Waals surface area contributed by atoms with Gasteiger partial charge in [-0.05, 0) is 36.4 Å². The van der Waals surface area contributed by atoms with E-state index in [1.807, 2.05) is 0 Å². The summed E-state index contributed by atoms with van der Waals surface area (Å²) in [5, 5.41) is 13.3. The number of phenolic OH excluding ortho intramolecular Hbond substituents is 1. The highest BCUT2D eigenvalue weighted by molar-refractivity contribution is 5.65. The second-order valence-corrected chi connectivity index (χ2v) is 4.06. The molecule has 0 aliphatic carbocycles. The SMILES string of the molecule is Oc1cccc(F)c1-c1nc(-c2ccc(F)cc2)no1. The van der Waals surface area contributed by atoms with Crippen molar-refractivity contribution in [1.29, 1.82) is 0 Å². The summed E-state index contributed by atoms with van der Waals surface area (Å²) in [5.74, 6) is -1.30. The minimum Gasteiger partial charge on any atom is -0.507 e. The van der Waals surface area contributed by atoms with Crippen LogP contribution in [-0.2, 0) is 0 Å². The lowest BCUT2D eigenvalue weighted by Gasteiger charge is -1.99. The Balaban J connectivity index is 2.04. The quantitative estimate of drug-likeness (QED) is 0.778. The van der Waals surface area contributed by atoms with Crippen molar-refractivity contribution in [2.24, 2.45) is 0 Å². The van der Waals surface area contributed by atoms with Crippen molar-refractivity contribution in [3.8, 4) is 28.6 Å². The third-order valence-electron chi connectivity index (χ3n) is 2.73. The molecule has 0 bridgehead atoms. The molecule has 6 heteroatoms. The second kappa shape index (κ2) is 4.73. The van der Waals surface area contributed by atoms with Gasteiger partial charge in [-0.15, -0.1) is 0 Å². The summed E-state index contributed by atoms with van der Waals surface area (Å²) < 4.78 is 31.4. The topological polar surface area (TPSA) is 59.2 Å². The molecule has 2 aromatic carbocycles. The minimum atomic E-state index is -0.667. The third kappa shape index (κ3) is 2.11. The first-order valence-electron chi connectivity index (χ1n) is 5.72. The molecule has 0 atom stereocenters. The van der Waals surface area contributed by atoms with E-state index >= 15 is 0 Å². The Morgan fingerprint density at radius 3 is 2.45 bits per heavy atom. The highest BCUT2D eigenvalue weighted by atomic mass is 19.1. The fourth-order valence-corrected chi connectivity index (χ4v) is 1.77. The summed E-state index contributed by atoms with van der Waals surface area (Å²) in [6, 6.07) is 9.33. The molecule has 0 unspecified atom stereocenters. The monoisotopic (exact) mass is 274 g/mol. The molecular formula is C14H8F2N2O2. The number of hydrogen-bond donors (Lipinski definition) is 1. The second-order valence-electron chi connectivity index (χ2n) is 4.06. The van der Waals surface area contributed by atoms with E-state index in [1.165, 1.54) is 42.5 Å². The summed E-state index contributed by atoms with van der Waals surface area (Å²) >= 11 is 0. The molecule has 1 heterocycles. The largest absolute Gasteiger partial charge is 0.507 e. The molecule has 0 saturated carbocycles. The van der Waals surface area contributed by atoms with E-state index in [9.17, 15) is 13.9 Å². The minimum absolute atomic E-state index is 0.139.